The van der Waals surface area contributed by atoms with E-state index in [-0.39, 0.29) is 12.1 Å². The summed E-state index contributed by atoms with van der Waals surface area (Å²) in [4.78, 5) is 31.9. The SMILES string of the molecule is C=CCn1c(=O)c2cnc(Nc3cc(N4CCN(C)CC4)c4nnn(C)c4c3)nc2n1-c1cccc(C(C)(C)O)n1. The van der Waals surface area contributed by atoms with Gasteiger partial charge in [0.05, 0.1) is 23.4 Å². The number of nitrogens with one attached hydrogen (secondary N) is 1. The van der Waals surface area contributed by atoms with Gasteiger partial charge in [0, 0.05) is 45.1 Å². The van der Waals surface area contributed by atoms with Gasteiger partial charge in [0.15, 0.2) is 11.5 Å². The molecule has 13 nitrogen and oxygen atoms in total. The van der Waals surface area contributed by atoms with Crippen molar-refractivity contribution in [3.05, 3.63) is 65.2 Å². The highest BCUT2D eigenvalue weighted by Gasteiger charge is 2.23. The van der Waals surface area contributed by atoms with Crippen molar-refractivity contribution >= 4 is 39.4 Å². The Morgan fingerprint density at radius 2 is 1.90 bits per heavy atom. The van der Waals surface area contributed by atoms with E-state index in [0.717, 1.165) is 48.6 Å². The third kappa shape index (κ3) is 4.83. The molecular formula is C28H33N11O2. The van der Waals surface area contributed by atoms with Crippen LogP contribution in [0.25, 0.3) is 27.9 Å². The smallest absolute Gasteiger partial charge is 0.278 e. The molecule has 41 heavy (non-hydrogen) atoms. The first kappa shape index (κ1) is 26.6. The summed E-state index contributed by atoms with van der Waals surface area (Å²) in [6.45, 7) is 11.1. The third-order valence-electron chi connectivity index (χ3n) is 7.35. The summed E-state index contributed by atoms with van der Waals surface area (Å²) in [6.07, 6.45) is 3.16. The first-order chi connectivity index (χ1) is 19.6. The molecule has 212 valence electrons. The van der Waals surface area contributed by atoms with Crippen molar-refractivity contribution in [2.75, 3.05) is 43.4 Å². The second kappa shape index (κ2) is 10.1. The predicted octanol–water partition coefficient (Wildman–Crippen LogP) is 2.17. The van der Waals surface area contributed by atoms with Gasteiger partial charge in [-0.3, -0.25) is 4.79 Å². The molecule has 0 radical (unpaired) electrons. The van der Waals surface area contributed by atoms with E-state index < -0.39 is 5.60 Å². The number of nitrogens with zero attached hydrogens (tertiary/aromatic N) is 10. The molecule has 2 N–H and O–H groups in total. The average Bonchev–Trinajstić information content (AvgIpc) is 3.45. The molecule has 1 fully saturated rings. The Morgan fingerprint density at radius 3 is 2.63 bits per heavy atom. The fraction of sp³-hybridized carbons (Fsp3) is 0.357. The van der Waals surface area contributed by atoms with Crippen LogP contribution in [0.3, 0.4) is 0 Å². The van der Waals surface area contributed by atoms with Gasteiger partial charge in [0.25, 0.3) is 5.56 Å². The van der Waals surface area contributed by atoms with Crippen molar-refractivity contribution in [2.24, 2.45) is 7.05 Å². The molecule has 0 spiro atoms. The van der Waals surface area contributed by atoms with E-state index >= 15 is 0 Å². The number of likely N-dealkylation sites (N-methyl/N-ethyl adjacent to an activating group) is 1. The predicted molar refractivity (Wildman–Crippen MR) is 158 cm³/mol. The zero-order valence-corrected chi connectivity index (χ0v) is 23.6. The van der Waals surface area contributed by atoms with Gasteiger partial charge in [0.2, 0.25) is 5.95 Å². The number of fused-ring (bicyclic) bond motifs is 2. The van der Waals surface area contributed by atoms with E-state index in [4.69, 9.17) is 4.98 Å². The quantitative estimate of drug-likeness (QED) is 0.288. The molecular weight excluding hydrogens is 522 g/mol. The maximum absolute atomic E-state index is 13.4. The Morgan fingerprint density at radius 1 is 1.12 bits per heavy atom. The number of anilines is 3. The third-order valence-corrected chi connectivity index (χ3v) is 7.35. The topological polar surface area (TPSA) is 135 Å². The molecule has 5 aromatic rings. The highest BCUT2D eigenvalue weighted by Crippen LogP contribution is 2.31. The highest BCUT2D eigenvalue weighted by molar-refractivity contribution is 5.92. The summed E-state index contributed by atoms with van der Waals surface area (Å²) in [7, 11) is 3.99. The number of pyridine rings is 1. The van der Waals surface area contributed by atoms with E-state index in [9.17, 15) is 9.90 Å². The van der Waals surface area contributed by atoms with Crippen LogP contribution in [0.2, 0.25) is 0 Å². The summed E-state index contributed by atoms with van der Waals surface area (Å²) >= 11 is 0. The van der Waals surface area contributed by atoms with E-state index in [1.807, 2.05) is 19.2 Å². The minimum absolute atomic E-state index is 0.241. The molecule has 0 bridgehead atoms. The molecule has 1 aromatic carbocycles. The van der Waals surface area contributed by atoms with Crippen LogP contribution in [-0.4, -0.2) is 82.5 Å². The Balaban J connectivity index is 1.45. The molecule has 0 saturated carbocycles. The normalized spacial score (nSPS) is 14.7. The fourth-order valence-corrected chi connectivity index (χ4v) is 5.09. The summed E-state index contributed by atoms with van der Waals surface area (Å²) < 4.78 is 4.90. The van der Waals surface area contributed by atoms with E-state index in [1.165, 1.54) is 10.9 Å². The van der Waals surface area contributed by atoms with Gasteiger partial charge in [0.1, 0.15) is 16.5 Å². The van der Waals surface area contributed by atoms with Gasteiger partial charge in [-0.25, -0.2) is 24.0 Å². The number of allylic oxidation sites excluding steroid dienone is 1. The van der Waals surface area contributed by atoms with Crippen LogP contribution in [0.1, 0.15) is 19.5 Å². The van der Waals surface area contributed by atoms with Crippen LogP contribution in [0.5, 0.6) is 0 Å². The number of rotatable bonds is 7. The summed E-state index contributed by atoms with van der Waals surface area (Å²) in [5.74, 6) is 0.766. The van der Waals surface area contributed by atoms with Gasteiger partial charge in [-0.1, -0.05) is 17.4 Å². The van der Waals surface area contributed by atoms with Gasteiger partial charge in [-0.05, 0) is 45.2 Å². The molecule has 0 atom stereocenters. The number of hydrogen-bond acceptors (Lipinski definition) is 10. The van der Waals surface area contributed by atoms with Crippen molar-refractivity contribution in [3.63, 3.8) is 0 Å². The van der Waals surface area contributed by atoms with E-state index in [0.29, 0.717) is 28.5 Å². The van der Waals surface area contributed by atoms with Crippen molar-refractivity contribution in [1.82, 2.24) is 44.2 Å². The van der Waals surface area contributed by atoms with E-state index in [2.05, 4.69) is 49.0 Å². The maximum atomic E-state index is 13.4. The molecule has 0 unspecified atom stereocenters. The summed E-state index contributed by atoms with van der Waals surface area (Å²) in [5, 5.41) is 22.9. The van der Waals surface area contributed by atoms with E-state index in [1.54, 1.807) is 47.5 Å². The molecule has 1 saturated heterocycles. The van der Waals surface area contributed by atoms with Gasteiger partial charge >= 0.3 is 0 Å². The van der Waals surface area contributed by atoms with Gasteiger partial charge in [-0.15, -0.1) is 11.7 Å². The number of benzene rings is 1. The number of hydrogen-bond donors (Lipinski definition) is 2. The molecule has 1 aliphatic rings. The molecule has 5 heterocycles. The Labute approximate surface area is 236 Å². The Bertz CT molecular complexity index is 1820. The van der Waals surface area contributed by atoms with Crippen LogP contribution >= 0.6 is 0 Å². The minimum Gasteiger partial charge on any atom is -0.384 e. The van der Waals surface area contributed by atoms with Crippen molar-refractivity contribution < 1.29 is 5.11 Å². The highest BCUT2D eigenvalue weighted by atomic mass is 16.3. The zero-order chi connectivity index (χ0) is 28.9. The summed E-state index contributed by atoms with van der Waals surface area (Å²) in [5.41, 5.74) is 2.92. The lowest BCUT2D eigenvalue weighted by Gasteiger charge is -2.34. The molecule has 13 heteroatoms. The number of aliphatic hydroxyl groups is 1. The van der Waals surface area contributed by atoms with Crippen molar-refractivity contribution in [1.29, 1.82) is 0 Å². The lowest BCUT2D eigenvalue weighted by atomic mass is 10.1. The zero-order valence-electron chi connectivity index (χ0n) is 23.6. The monoisotopic (exact) mass is 555 g/mol. The van der Waals surface area contributed by atoms with Crippen LogP contribution in [-0.2, 0) is 19.2 Å². The minimum atomic E-state index is -1.16. The second-order valence-corrected chi connectivity index (χ2v) is 10.9. The first-order valence-corrected chi connectivity index (χ1v) is 13.5. The van der Waals surface area contributed by atoms with Crippen molar-refractivity contribution in [3.8, 4) is 5.82 Å². The first-order valence-electron chi connectivity index (χ1n) is 13.5. The summed E-state index contributed by atoms with van der Waals surface area (Å²) in [6, 6.07) is 9.32. The molecule has 0 amide bonds. The van der Waals surface area contributed by atoms with Gasteiger partial charge < -0.3 is 20.2 Å². The van der Waals surface area contributed by atoms with Crippen molar-refractivity contribution in [2.45, 2.75) is 26.0 Å². The Hall–Kier alpha value is -4.62. The Kier molecular flexibility index (Phi) is 6.54. The van der Waals surface area contributed by atoms with Gasteiger partial charge in [-0.2, -0.15) is 4.98 Å². The lowest BCUT2D eigenvalue weighted by Crippen LogP contribution is -2.44. The number of aryl methyl sites for hydroxylation is 1. The largest absolute Gasteiger partial charge is 0.384 e. The second-order valence-electron chi connectivity index (χ2n) is 10.9. The fourth-order valence-electron chi connectivity index (χ4n) is 5.09. The van der Waals surface area contributed by atoms with Crippen LogP contribution in [0, 0.1) is 0 Å². The lowest BCUT2D eigenvalue weighted by molar-refractivity contribution is 0.0738. The average molecular weight is 556 g/mol. The molecule has 0 aliphatic carbocycles. The van der Waals surface area contributed by atoms with Crippen LogP contribution in [0.15, 0.2) is 54.0 Å². The van der Waals surface area contributed by atoms with Crippen LogP contribution < -0.4 is 15.8 Å². The standard InChI is InChI=1S/C28H33N11O2/c1-6-10-38-26(40)19-17-29-27(32-25(19)39(38)23-9-7-8-22(31-23)28(2,3)41)30-18-15-20-24(33-34-36(20)5)21(16-18)37-13-11-35(4)12-14-37/h6-9,15-17,41H,1,10-14H2,2-5H3,(H,29,30,32). The molecule has 6 rings (SSSR count). The molecule has 1 aliphatic heterocycles. The maximum Gasteiger partial charge on any atom is 0.278 e. The van der Waals surface area contributed by atoms with Crippen LogP contribution in [0.4, 0.5) is 17.3 Å². The number of aromatic nitrogens is 8. The number of piperazine rings is 1. The molecule has 4 aromatic heterocycles.